The number of carbonyl (C=O) groups is 1. The van der Waals surface area contributed by atoms with Gasteiger partial charge in [-0.3, -0.25) is 9.69 Å². The molecule has 0 aromatic carbocycles. The fourth-order valence-electron chi connectivity index (χ4n) is 2.60. The van der Waals surface area contributed by atoms with E-state index in [1.807, 2.05) is 17.5 Å². The first-order valence-electron chi connectivity index (χ1n) is 7.23. The molecule has 1 saturated heterocycles. The number of morpholine rings is 1. The lowest BCUT2D eigenvalue weighted by atomic mass is 10.1. The van der Waals surface area contributed by atoms with Gasteiger partial charge in [0.2, 0.25) is 5.91 Å². The Balaban J connectivity index is 1.74. The van der Waals surface area contributed by atoms with Crippen LogP contribution < -0.4 is 5.32 Å². The van der Waals surface area contributed by atoms with Gasteiger partial charge in [-0.05, 0) is 32.2 Å². The number of thiophene rings is 1. The van der Waals surface area contributed by atoms with Gasteiger partial charge in [-0.25, -0.2) is 0 Å². The summed E-state index contributed by atoms with van der Waals surface area (Å²) in [5.41, 5.74) is 0. The van der Waals surface area contributed by atoms with Gasteiger partial charge in [0, 0.05) is 30.6 Å². The summed E-state index contributed by atoms with van der Waals surface area (Å²) in [5.74, 6) is 0.105. The quantitative estimate of drug-likeness (QED) is 0.902. The van der Waals surface area contributed by atoms with Crippen LogP contribution in [0.4, 0.5) is 0 Å². The number of amides is 1. The molecule has 5 heteroatoms. The van der Waals surface area contributed by atoms with Crippen LogP contribution in [0.2, 0.25) is 0 Å². The van der Waals surface area contributed by atoms with Crippen molar-refractivity contribution in [2.24, 2.45) is 0 Å². The smallest absolute Gasteiger partial charge is 0.225 e. The SMILES string of the molecule is C[C@@H]1CN([C@@H](C)CNC(=O)Cc2cccs2)C[C@H](C)O1. The molecule has 0 aliphatic carbocycles. The van der Waals surface area contributed by atoms with E-state index in [0.717, 1.165) is 18.0 Å². The molecule has 1 aromatic rings. The summed E-state index contributed by atoms with van der Waals surface area (Å²) >= 11 is 1.63. The fraction of sp³-hybridized carbons (Fsp3) is 0.667. The molecule has 3 atom stereocenters. The second-order valence-corrected chi connectivity index (χ2v) is 6.65. The normalized spacial score (nSPS) is 25.4. The number of hydrogen-bond acceptors (Lipinski definition) is 4. The maximum Gasteiger partial charge on any atom is 0.225 e. The van der Waals surface area contributed by atoms with Crippen LogP contribution in [0.25, 0.3) is 0 Å². The average Bonchev–Trinajstić information content (AvgIpc) is 2.87. The van der Waals surface area contributed by atoms with Gasteiger partial charge >= 0.3 is 0 Å². The zero-order valence-corrected chi connectivity index (χ0v) is 13.3. The molecule has 0 radical (unpaired) electrons. The molecule has 0 spiro atoms. The molecule has 0 bridgehead atoms. The molecule has 1 aromatic heterocycles. The number of ether oxygens (including phenoxy) is 1. The highest BCUT2D eigenvalue weighted by Crippen LogP contribution is 2.13. The van der Waals surface area contributed by atoms with Crippen LogP contribution in [0.3, 0.4) is 0 Å². The van der Waals surface area contributed by atoms with E-state index in [0.29, 0.717) is 19.0 Å². The predicted octanol–water partition coefficient (Wildman–Crippen LogP) is 1.90. The predicted molar refractivity (Wildman–Crippen MR) is 82.1 cm³/mol. The minimum absolute atomic E-state index is 0.105. The molecule has 1 aliphatic heterocycles. The summed E-state index contributed by atoms with van der Waals surface area (Å²) in [4.78, 5) is 15.4. The molecular weight excluding hydrogens is 272 g/mol. The van der Waals surface area contributed by atoms with Crippen molar-refractivity contribution in [1.29, 1.82) is 0 Å². The fourth-order valence-corrected chi connectivity index (χ4v) is 3.31. The Morgan fingerprint density at radius 2 is 2.20 bits per heavy atom. The Labute approximate surface area is 125 Å². The number of nitrogens with one attached hydrogen (secondary N) is 1. The standard InChI is InChI=1S/C15H24N2O2S/c1-11(17-9-12(2)19-13(3)10-17)8-16-15(18)7-14-5-4-6-20-14/h4-6,11-13H,7-10H2,1-3H3,(H,16,18)/t11-,12-,13+/m0/s1. The van der Waals surface area contributed by atoms with Gasteiger partial charge in [0.1, 0.15) is 0 Å². The molecule has 112 valence electrons. The second-order valence-electron chi connectivity index (χ2n) is 5.62. The van der Waals surface area contributed by atoms with Crippen molar-refractivity contribution in [2.75, 3.05) is 19.6 Å². The first-order valence-corrected chi connectivity index (χ1v) is 8.11. The molecule has 1 aliphatic rings. The minimum Gasteiger partial charge on any atom is -0.373 e. The van der Waals surface area contributed by atoms with E-state index in [1.165, 1.54) is 0 Å². The molecule has 20 heavy (non-hydrogen) atoms. The summed E-state index contributed by atoms with van der Waals surface area (Å²) in [6, 6.07) is 4.32. The van der Waals surface area contributed by atoms with E-state index in [9.17, 15) is 4.79 Å². The van der Waals surface area contributed by atoms with Crippen LogP contribution >= 0.6 is 11.3 Å². The maximum absolute atomic E-state index is 11.9. The molecule has 2 rings (SSSR count). The number of hydrogen-bond donors (Lipinski definition) is 1. The second kappa shape index (κ2) is 7.20. The molecule has 1 N–H and O–H groups in total. The molecule has 0 saturated carbocycles. The number of rotatable bonds is 5. The third-order valence-electron chi connectivity index (χ3n) is 3.58. The lowest BCUT2D eigenvalue weighted by Crippen LogP contribution is -2.52. The summed E-state index contributed by atoms with van der Waals surface area (Å²) < 4.78 is 5.73. The third kappa shape index (κ3) is 4.58. The lowest BCUT2D eigenvalue weighted by Gasteiger charge is -2.39. The van der Waals surface area contributed by atoms with Crippen molar-refractivity contribution in [3.05, 3.63) is 22.4 Å². The van der Waals surface area contributed by atoms with Crippen molar-refractivity contribution < 1.29 is 9.53 Å². The average molecular weight is 296 g/mol. The van der Waals surface area contributed by atoms with Crippen LogP contribution in [-0.2, 0) is 16.0 Å². The Bertz CT molecular complexity index is 412. The Morgan fingerprint density at radius 3 is 2.80 bits per heavy atom. The summed E-state index contributed by atoms with van der Waals surface area (Å²) in [5, 5.41) is 5.03. The van der Waals surface area contributed by atoms with Crippen LogP contribution in [0.15, 0.2) is 17.5 Å². The van der Waals surface area contributed by atoms with Gasteiger partial charge in [0.25, 0.3) is 0 Å². The van der Waals surface area contributed by atoms with E-state index < -0.39 is 0 Å². The van der Waals surface area contributed by atoms with Gasteiger partial charge in [0.15, 0.2) is 0 Å². The first-order chi connectivity index (χ1) is 9.54. The van der Waals surface area contributed by atoms with Crippen molar-refractivity contribution >= 4 is 17.2 Å². The maximum atomic E-state index is 11.9. The molecule has 0 unspecified atom stereocenters. The molecule has 4 nitrogen and oxygen atoms in total. The largest absolute Gasteiger partial charge is 0.373 e. The summed E-state index contributed by atoms with van der Waals surface area (Å²) in [6.07, 6.45) is 1.02. The highest BCUT2D eigenvalue weighted by Gasteiger charge is 2.25. The van der Waals surface area contributed by atoms with Crippen molar-refractivity contribution in [3.63, 3.8) is 0 Å². The number of carbonyl (C=O) groups excluding carboxylic acids is 1. The highest BCUT2D eigenvalue weighted by atomic mass is 32.1. The third-order valence-corrected chi connectivity index (χ3v) is 4.46. The summed E-state index contributed by atoms with van der Waals surface area (Å²) in [6.45, 7) is 8.94. The molecular formula is C15H24N2O2S. The van der Waals surface area contributed by atoms with E-state index in [2.05, 4.69) is 31.0 Å². The van der Waals surface area contributed by atoms with Gasteiger partial charge in [-0.2, -0.15) is 0 Å². The van der Waals surface area contributed by atoms with Gasteiger partial charge < -0.3 is 10.1 Å². The van der Waals surface area contributed by atoms with Crippen LogP contribution in [0, 0.1) is 0 Å². The molecule has 1 amide bonds. The van der Waals surface area contributed by atoms with E-state index in [1.54, 1.807) is 11.3 Å². The van der Waals surface area contributed by atoms with Gasteiger partial charge in [0.05, 0.1) is 18.6 Å². The van der Waals surface area contributed by atoms with Crippen LogP contribution in [0.5, 0.6) is 0 Å². The lowest BCUT2D eigenvalue weighted by molar-refractivity contribution is -0.121. The number of nitrogens with zero attached hydrogens (tertiary/aromatic N) is 1. The Hall–Kier alpha value is -0.910. The van der Waals surface area contributed by atoms with Crippen molar-refractivity contribution in [2.45, 2.75) is 45.4 Å². The van der Waals surface area contributed by atoms with Gasteiger partial charge in [-0.15, -0.1) is 11.3 Å². The van der Waals surface area contributed by atoms with Crippen molar-refractivity contribution in [3.8, 4) is 0 Å². The first kappa shape index (κ1) is 15.5. The van der Waals surface area contributed by atoms with Crippen molar-refractivity contribution in [1.82, 2.24) is 10.2 Å². The minimum atomic E-state index is 0.105. The highest BCUT2D eigenvalue weighted by molar-refractivity contribution is 7.10. The van der Waals surface area contributed by atoms with E-state index in [4.69, 9.17) is 4.74 Å². The molecule has 2 heterocycles. The monoisotopic (exact) mass is 296 g/mol. The van der Waals surface area contributed by atoms with E-state index >= 15 is 0 Å². The zero-order chi connectivity index (χ0) is 14.5. The molecule has 1 fully saturated rings. The van der Waals surface area contributed by atoms with Crippen LogP contribution in [-0.4, -0.2) is 48.7 Å². The zero-order valence-electron chi connectivity index (χ0n) is 12.5. The Kier molecular flexibility index (Phi) is 5.57. The topological polar surface area (TPSA) is 41.6 Å². The summed E-state index contributed by atoms with van der Waals surface area (Å²) in [7, 11) is 0. The Morgan fingerprint density at radius 1 is 1.50 bits per heavy atom. The van der Waals surface area contributed by atoms with E-state index in [-0.39, 0.29) is 18.1 Å². The van der Waals surface area contributed by atoms with Gasteiger partial charge in [-0.1, -0.05) is 6.07 Å². The van der Waals surface area contributed by atoms with Crippen LogP contribution in [0.1, 0.15) is 25.6 Å².